The van der Waals surface area contributed by atoms with Crippen LogP contribution < -0.4 is 0 Å². The van der Waals surface area contributed by atoms with Crippen molar-refractivity contribution < 1.29 is 4.74 Å². The van der Waals surface area contributed by atoms with Gasteiger partial charge in [0.25, 0.3) is 0 Å². The van der Waals surface area contributed by atoms with E-state index in [0.717, 1.165) is 49.9 Å². The van der Waals surface area contributed by atoms with Gasteiger partial charge in [-0.25, -0.2) is 9.97 Å². The minimum absolute atomic E-state index is 0.451. The lowest BCUT2D eigenvalue weighted by Crippen LogP contribution is -1.91. The van der Waals surface area contributed by atoms with Crippen LogP contribution in [-0.4, -0.2) is 33.1 Å². The van der Waals surface area contributed by atoms with Crippen LogP contribution in [0.15, 0.2) is 25.0 Å². The van der Waals surface area contributed by atoms with Crippen LogP contribution in [0.3, 0.4) is 0 Å². The van der Waals surface area contributed by atoms with Gasteiger partial charge in [0, 0.05) is 36.6 Å². The molecule has 0 fully saturated rings. The van der Waals surface area contributed by atoms with E-state index in [1.54, 1.807) is 12.7 Å². The van der Waals surface area contributed by atoms with Gasteiger partial charge >= 0.3 is 0 Å². The lowest BCUT2D eigenvalue weighted by molar-refractivity contribution is 0.204. The molecule has 23 heavy (non-hydrogen) atoms. The maximum Gasteiger partial charge on any atom is 0.109 e. The Morgan fingerprint density at radius 1 is 0.783 bits per heavy atom. The monoisotopic (exact) mass is 310 g/mol. The molecule has 0 radical (unpaired) electrons. The first kappa shape index (κ1) is 16.9. The smallest absolute Gasteiger partial charge is 0.109 e. The van der Waals surface area contributed by atoms with Gasteiger partial charge in [-0.2, -0.15) is 0 Å². The first-order valence-corrected chi connectivity index (χ1v) is 7.89. The summed E-state index contributed by atoms with van der Waals surface area (Å²) in [6, 6.07) is 0. The van der Waals surface area contributed by atoms with Crippen molar-refractivity contribution in [3.63, 3.8) is 0 Å². The average molecular weight is 310 g/mol. The van der Waals surface area contributed by atoms with Gasteiger partial charge in [-0.3, -0.25) is 0 Å². The Morgan fingerprint density at radius 2 is 1.30 bits per heavy atom. The van der Waals surface area contributed by atoms with E-state index in [9.17, 15) is 0 Å². The van der Waals surface area contributed by atoms with Gasteiger partial charge < -0.3 is 14.7 Å². The predicted molar refractivity (Wildman–Crippen MR) is 89.4 cm³/mol. The minimum Gasteiger partial charge on any atom is -0.356 e. The van der Waals surface area contributed by atoms with Crippen LogP contribution in [0, 0.1) is 23.7 Å². The van der Waals surface area contributed by atoms with Gasteiger partial charge in [0.1, 0.15) is 13.2 Å². The number of ether oxygens (including phenoxy) is 1. The summed E-state index contributed by atoms with van der Waals surface area (Å²) in [5.41, 5.74) is 2.32. The molecule has 0 spiro atoms. The second kappa shape index (κ2) is 11.1. The number of aromatic nitrogens is 4. The van der Waals surface area contributed by atoms with Crippen molar-refractivity contribution in [1.29, 1.82) is 0 Å². The predicted octanol–water partition coefficient (Wildman–Crippen LogP) is 2.50. The molecule has 0 bridgehead atoms. The number of aromatic amines is 2. The van der Waals surface area contributed by atoms with E-state index in [-0.39, 0.29) is 0 Å². The lowest BCUT2D eigenvalue weighted by atomic mass is 10.2. The topological polar surface area (TPSA) is 66.6 Å². The zero-order valence-corrected chi connectivity index (χ0v) is 13.3. The van der Waals surface area contributed by atoms with Crippen LogP contribution in [-0.2, 0) is 17.6 Å². The van der Waals surface area contributed by atoms with E-state index in [1.807, 2.05) is 12.4 Å². The average Bonchev–Trinajstić information content (AvgIpc) is 3.25. The largest absolute Gasteiger partial charge is 0.356 e. The second-order valence-electron chi connectivity index (χ2n) is 5.06. The Hall–Kier alpha value is -2.50. The zero-order chi connectivity index (χ0) is 16.0. The van der Waals surface area contributed by atoms with Crippen LogP contribution in [0.4, 0.5) is 0 Å². The highest BCUT2D eigenvalue weighted by Gasteiger charge is 1.92. The van der Waals surface area contributed by atoms with Gasteiger partial charge in [0.05, 0.1) is 12.7 Å². The van der Waals surface area contributed by atoms with E-state index in [0.29, 0.717) is 13.2 Å². The number of unbranched alkanes of at least 4 members (excludes halogenated alkanes) is 2. The van der Waals surface area contributed by atoms with Crippen molar-refractivity contribution in [1.82, 2.24) is 19.9 Å². The van der Waals surface area contributed by atoms with Crippen LogP contribution >= 0.6 is 0 Å². The Balaban J connectivity index is 1.40. The number of hydrogen-bond donors (Lipinski definition) is 2. The summed E-state index contributed by atoms with van der Waals surface area (Å²) in [4.78, 5) is 14.1. The Morgan fingerprint density at radius 3 is 1.74 bits per heavy atom. The molecule has 5 heteroatoms. The molecule has 0 aliphatic heterocycles. The van der Waals surface area contributed by atoms with E-state index in [1.165, 1.54) is 0 Å². The molecule has 2 aromatic heterocycles. The maximum absolute atomic E-state index is 5.36. The third-order valence-corrected chi connectivity index (χ3v) is 3.20. The highest BCUT2D eigenvalue weighted by molar-refractivity contribution is 5.03. The molecule has 0 atom stereocenters. The number of aryl methyl sites for hydroxylation is 2. The van der Waals surface area contributed by atoms with Crippen molar-refractivity contribution in [2.24, 2.45) is 0 Å². The SMILES string of the molecule is C(#CCOCC#CCCCc1cnc[nH]1)CCCc1cnc[nH]1. The third kappa shape index (κ3) is 7.90. The molecular weight excluding hydrogens is 288 g/mol. The summed E-state index contributed by atoms with van der Waals surface area (Å²) in [5, 5.41) is 0. The molecule has 120 valence electrons. The zero-order valence-electron chi connectivity index (χ0n) is 13.3. The number of nitrogens with one attached hydrogen (secondary N) is 2. The van der Waals surface area contributed by atoms with Crippen molar-refractivity contribution in [3.8, 4) is 23.7 Å². The first-order chi connectivity index (χ1) is 11.4. The van der Waals surface area contributed by atoms with E-state index >= 15 is 0 Å². The molecule has 0 saturated heterocycles. The van der Waals surface area contributed by atoms with Crippen LogP contribution in [0.5, 0.6) is 0 Å². The van der Waals surface area contributed by atoms with Gasteiger partial charge in [-0.15, -0.1) is 11.8 Å². The summed E-state index contributed by atoms with van der Waals surface area (Å²) in [7, 11) is 0. The summed E-state index contributed by atoms with van der Waals surface area (Å²) < 4.78 is 5.36. The number of H-pyrrole nitrogens is 2. The molecule has 2 heterocycles. The molecule has 0 aliphatic rings. The fraction of sp³-hybridized carbons (Fsp3) is 0.444. The highest BCUT2D eigenvalue weighted by atomic mass is 16.5. The second-order valence-corrected chi connectivity index (χ2v) is 5.06. The van der Waals surface area contributed by atoms with Crippen LogP contribution in [0.2, 0.25) is 0 Å². The van der Waals surface area contributed by atoms with Gasteiger partial charge in [-0.05, 0) is 25.7 Å². The summed E-state index contributed by atoms with van der Waals surface area (Å²) in [6.45, 7) is 0.903. The Bertz CT molecular complexity index is 580. The minimum atomic E-state index is 0.451. The van der Waals surface area contributed by atoms with Crippen molar-refractivity contribution in [3.05, 3.63) is 36.4 Å². The summed E-state index contributed by atoms with van der Waals surface area (Å²) in [5.74, 6) is 12.2. The molecule has 0 amide bonds. The number of hydrogen-bond acceptors (Lipinski definition) is 3. The normalized spacial score (nSPS) is 9.74. The Kier molecular flexibility index (Phi) is 8.15. The molecule has 2 N–H and O–H groups in total. The summed E-state index contributed by atoms with van der Waals surface area (Å²) in [6.07, 6.45) is 12.9. The van der Waals surface area contributed by atoms with Gasteiger partial charge in [-0.1, -0.05) is 11.8 Å². The molecule has 0 saturated carbocycles. The van der Waals surface area contributed by atoms with Crippen LogP contribution in [0.25, 0.3) is 0 Å². The molecule has 0 aliphatic carbocycles. The van der Waals surface area contributed by atoms with Gasteiger partial charge in [0.15, 0.2) is 0 Å². The molecule has 0 unspecified atom stereocenters. The van der Waals surface area contributed by atoms with Gasteiger partial charge in [0.2, 0.25) is 0 Å². The highest BCUT2D eigenvalue weighted by Crippen LogP contribution is 1.99. The third-order valence-electron chi connectivity index (χ3n) is 3.20. The lowest BCUT2D eigenvalue weighted by Gasteiger charge is -1.93. The van der Waals surface area contributed by atoms with Crippen molar-refractivity contribution in [2.45, 2.75) is 38.5 Å². The fourth-order valence-corrected chi connectivity index (χ4v) is 2.01. The number of imidazole rings is 2. The first-order valence-electron chi connectivity index (χ1n) is 7.89. The fourth-order valence-electron chi connectivity index (χ4n) is 2.01. The molecule has 0 aromatic carbocycles. The van der Waals surface area contributed by atoms with E-state index in [4.69, 9.17) is 4.74 Å². The van der Waals surface area contributed by atoms with Crippen LogP contribution in [0.1, 0.15) is 37.1 Å². The summed E-state index contributed by atoms with van der Waals surface area (Å²) >= 11 is 0. The van der Waals surface area contributed by atoms with Crippen molar-refractivity contribution in [2.75, 3.05) is 13.2 Å². The van der Waals surface area contributed by atoms with Crippen molar-refractivity contribution >= 4 is 0 Å². The molecule has 2 rings (SSSR count). The molecule has 2 aromatic rings. The standard InChI is InChI=1S/C18H22N4O/c1(5-9-17-13-19-15-21-17)3-7-11-23-12-8-4-2-6-10-18-14-20-16-22-18/h13-16H,1-2,5-6,9-12H2,(H,19,21)(H,20,22). The quantitative estimate of drug-likeness (QED) is 0.581. The number of nitrogens with zero attached hydrogens (tertiary/aromatic N) is 2. The molecule has 5 nitrogen and oxygen atoms in total. The molecular formula is C18H22N4O. The maximum atomic E-state index is 5.36. The van der Waals surface area contributed by atoms with E-state index in [2.05, 4.69) is 43.6 Å². The number of rotatable bonds is 8. The van der Waals surface area contributed by atoms with E-state index < -0.39 is 0 Å². The Labute approximate surface area is 137 Å².